The minimum absolute atomic E-state index is 0.226. The highest BCUT2D eigenvalue weighted by atomic mass is 16.5. The maximum absolute atomic E-state index is 9.17. The molecule has 2 N–H and O–H groups in total. The van der Waals surface area contributed by atoms with Gasteiger partial charge in [-0.15, -0.1) is 0 Å². The number of ether oxygens (including phenoxy) is 1. The molecule has 0 aliphatic carbocycles. The zero-order chi connectivity index (χ0) is 13.7. The summed E-state index contributed by atoms with van der Waals surface area (Å²) in [6.07, 6.45) is 1.88. The molecule has 19 heavy (non-hydrogen) atoms. The third kappa shape index (κ3) is 3.61. The summed E-state index contributed by atoms with van der Waals surface area (Å²) >= 11 is 0. The van der Waals surface area contributed by atoms with Gasteiger partial charge in [0, 0.05) is 31.8 Å². The highest BCUT2D eigenvalue weighted by Gasteiger charge is 2.22. The Morgan fingerprint density at radius 2 is 2.21 bits per heavy atom. The fraction of sp³-hybridized carbons (Fsp3) is 0.600. The third-order valence-electron chi connectivity index (χ3n) is 3.70. The van der Waals surface area contributed by atoms with Gasteiger partial charge in [0.15, 0.2) is 0 Å². The molecule has 106 valence electrons. The van der Waals surface area contributed by atoms with E-state index in [2.05, 4.69) is 23.2 Å². The van der Waals surface area contributed by atoms with Crippen LogP contribution < -0.4 is 15.0 Å². The number of benzene rings is 1. The van der Waals surface area contributed by atoms with E-state index in [9.17, 15) is 5.11 Å². The first kappa shape index (κ1) is 14.2. The Morgan fingerprint density at radius 3 is 2.95 bits per heavy atom. The normalized spacial score (nSPS) is 24.1. The van der Waals surface area contributed by atoms with Gasteiger partial charge in [0.1, 0.15) is 5.75 Å². The minimum atomic E-state index is 0.226. The van der Waals surface area contributed by atoms with Gasteiger partial charge < -0.3 is 20.1 Å². The van der Waals surface area contributed by atoms with E-state index in [1.54, 1.807) is 7.11 Å². The molecule has 2 atom stereocenters. The van der Waals surface area contributed by atoms with Crippen molar-refractivity contribution in [1.82, 2.24) is 5.32 Å². The lowest BCUT2D eigenvalue weighted by molar-refractivity contribution is 0.263. The first-order valence-electron chi connectivity index (χ1n) is 6.99. The third-order valence-corrected chi connectivity index (χ3v) is 3.70. The molecule has 1 aromatic rings. The molecule has 0 amide bonds. The van der Waals surface area contributed by atoms with Crippen LogP contribution in [0.25, 0.3) is 0 Å². The lowest BCUT2D eigenvalue weighted by Crippen LogP contribution is -2.40. The summed E-state index contributed by atoms with van der Waals surface area (Å²) in [4.78, 5) is 2.36. The molecular formula is C15H24N2O2. The Hall–Kier alpha value is -1.26. The molecule has 0 spiro atoms. The molecule has 0 saturated carbocycles. The topological polar surface area (TPSA) is 44.7 Å². The molecule has 4 nitrogen and oxygen atoms in total. The van der Waals surface area contributed by atoms with Crippen LogP contribution in [-0.4, -0.2) is 44.0 Å². The predicted octanol–water partition coefficient (Wildman–Crippen LogP) is 1.63. The average Bonchev–Trinajstić information content (AvgIpc) is 2.61. The van der Waals surface area contributed by atoms with Crippen molar-refractivity contribution in [3.05, 3.63) is 24.3 Å². The van der Waals surface area contributed by atoms with Gasteiger partial charge in [-0.25, -0.2) is 0 Å². The standard InChI is InChI=1S/C15H24N2O2/c1-12-7-9-17(11-13(16-12)8-10-18)14-5-3-4-6-15(14)19-2/h3-6,12-13,16,18H,7-11H2,1-2H3. The van der Waals surface area contributed by atoms with E-state index in [1.807, 2.05) is 18.2 Å². The van der Waals surface area contributed by atoms with Gasteiger partial charge in [-0.3, -0.25) is 0 Å². The Bertz CT molecular complexity index is 397. The number of nitrogens with one attached hydrogen (secondary N) is 1. The minimum Gasteiger partial charge on any atom is -0.495 e. The van der Waals surface area contributed by atoms with Crippen molar-refractivity contribution in [3.8, 4) is 5.75 Å². The SMILES string of the molecule is COc1ccccc1N1CCC(C)NC(CCO)C1. The van der Waals surface area contributed by atoms with Crippen LogP contribution in [0.5, 0.6) is 5.75 Å². The summed E-state index contributed by atoms with van der Waals surface area (Å²) < 4.78 is 5.45. The number of rotatable bonds is 4. The number of aliphatic hydroxyl groups is 1. The maximum Gasteiger partial charge on any atom is 0.142 e. The highest BCUT2D eigenvalue weighted by molar-refractivity contribution is 5.58. The van der Waals surface area contributed by atoms with Crippen LogP contribution in [0.4, 0.5) is 5.69 Å². The summed E-state index contributed by atoms with van der Waals surface area (Å²) in [6, 6.07) is 8.94. The summed E-state index contributed by atoms with van der Waals surface area (Å²) in [7, 11) is 1.71. The molecule has 1 heterocycles. The van der Waals surface area contributed by atoms with Crippen LogP contribution in [0.2, 0.25) is 0 Å². The van der Waals surface area contributed by atoms with E-state index in [1.165, 1.54) is 0 Å². The number of hydrogen-bond acceptors (Lipinski definition) is 4. The quantitative estimate of drug-likeness (QED) is 0.867. The van der Waals surface area contributed by atoms with Crippen LogP contribution in [0.15, 0.2) is 24.3 Å². The van der Waals surface area contributed by atoms with E-state index >= 15 is 0 Å². The van der Waals surface area contributed by atoms with Gasteiger partial charge in [0.25, 0.3) is 0 Å². The number of anilines is 1. The molecule has 1 saturated heterocycles. The zero-order valence-electron chi connectivity index (χ0n) is 11.8. The fourth-order valence-electron chi connectivity index (χ4n) is 2.69. The van der Waals surface area contributed by atoms with Gasteiger partial charge in [-0.1, -0.05) is 12.1 Å². The summed E-state index contributed by atoms with van der Waals surface area (Å²) in [6.45, 7) is 4.35. The molecule has 0 bridgehead atoms. The Morgan fingerprint density at radius 1 is 1.42 bits per heavy atom. The van der Waals surface area contributed by atoms with Gasteiger partial charge in [0.2, 0.25) is 0 Å². The second-order valence-electron chi connectivity index (χ2n) is 5.18. The van der Waals surface area contributed by atoms with Crippen molar-refractivity contribution in [1.29, 1.82) is 0 Å². The molecule has 4 heteroatoms. The smallest absolute Gasteiger partial charge is 0.142 e. The van der Waals surface area contributed by atoms with Gasteiger partial charge in [-0.05, 0) is 31.9 Å². The van der Waals surface area contributed by atoms with Crippen molar-refractivity contribution < 1.29 is 9.84 Å². The number of aliphatic hydroxyl groups excluding tert-OH is 1. The average molecular weight is 264 g/mol. The predicted molar refractivity (Wildman–Crippen MR) is 77.9 cm³/mol. The summed E-state index contributed by atoms with van der Waals surface area (Å²) in [5.74, 6) is 0.916. The van der Waals surface area contributed by atoms with E-state index in [0.29, 0.717) is 12.1 Å². The molecule has 1 aliphatic heterocycles. The Balaban J connectivity index is 2.17. The second kappa shape index (κ2) is 6.78. The first-order chi connectivity index (χ1) is 9.24. The molecule has 2 rings (SSSR count). The Labute approximate surface area is 115 Å². The van der Waals surface area contributed by atoms with E-state index in [0.717, 1.165) is 37.4 Å². The fourth-order valence-corrected chi connectivity index (χ4v) is 2.69. The molecule has 1 aliphatic rings. The van der Waals surface area contributed by atoms with Gasteiger partial charge >= 0.3 is 0 Å². The summed E-state index contributed by atoms with van der Waals surface area (Å²) in [5.41, 5.74) is 1.14. The lowest BCUT2D eigenvalue weighted by Gasteiger charge is -2.27. The summed E-state index contributed by atoms with van der Waals surface area (Å²) in [5, 5.41) is 12.7. The van der Waals surface area contributed by atoms with Crippen molar-refractivity contribution in [2.45, 2.75) is 31.8 Å². The molecular weight excluding hydrogens is 240 g/mol. The lowest BCUT2D eigenvalue weighted by atomic mass is 10.2. The molecule has 1 fully saturated rings. The molecule has 1 aromatic carbocycles. The monoisotopic (exact) mass is 264 g/mol. The highest BCUT2D eigenvalue weighted by Crippen LogP contribution is 2.29. The number of para-hydroxylation sites is 2. The van der Waals surface area contributed by atoms with Crippen LogP contribution in [0.3, 0.4) is 0 Å². The van der Waals surface area contributed by atoms with E-state index < -0.39 is 0 Å². The largest absolute Gasteiger partial charge is 0.495 e. The van der Waals surface area contributed by atoms with Crippen LogP contribution in [0.1, 0.15) is 19.8 Å². The van der Waals surface area contributed by atoms with Gasteiger partial charge in [-0.2, -0.15) is 0 Å². The second-order valence-corrected chi connectivity index (χ2v) is 5.18. The molecule has 2 unspecified atom stereocenters. The zero-order valence-corrected chi connectivity index (χ0v) is 11.8. The number of methoxy groups -OCH3 is 1. The van der Waals surface area contributed by atoms with E-state index in [-0.39, 0.29) is 6.61 Å². The number of nitrogens with zero attached hydrogens (tertiary/aromatic N) is 1. The van der Waals surface area contributed by atoms with Gasteiger partial charge in [0.05, 0.1) is 12.8 Å². The van der Waals surface area contributed by atoms with Crippen molar-refractivity contribution in [2.24, 2.45) is 0 Å². The number of hydrogen-bond donors (Lipinski definition) is 2. The molecule has 0 aromatic heterocycles. The van der Waals surface area contributed by atoms with Crippen LogP contribution in [-0.2, 0) is 0 Å². The van der Waals surface area contributed by atoms with Crippen molar-refractivity contribution >= 4 is 5.69 Å². The van der Waals surface area contributed by atoms with Crippen molar-refractivity contribution in [2.75, 3.05) is 31.7 Å². The van der Waals surface area contributed by atoms with E-state index in [4.69, 9.17) is 4.74 Å². The van der Waals surface area contributed by atoms with Crippen LogP contribution in [0, 0.1) is 0 Å². The van der Waals surface area contributed by atoms with Crippen LogP contribution >= 0.6 is 0 Å². The Kier molecular flexibility index (Phi) is 5.05. The first-order valence-corrected chi connectivity index (χ1v) is 6.99. The molecule has 0 radical (unpaired) electrons. The maximum atomic E-state index is 9.17. The van der Waals surface area contributed by atoms with Crippen molar-refractivity contribution in [3.63, 3.8) is 0 Å².